The van der Waals surface area contributed by atoms with Gasteiger partial charge >= 0.3 is 0 Å². The molecule has 92 valence electrons. The first-order valence-electron chi connectivity index (χ1n) is 6.30. The highest BCUT2D eigenvalue weighted by molar-refractivity contribution is 5.98. The summed E-state index contributed by atoms with van der Waals surface area (Å²) in [5.74, 6) is 0.0581. The van der Waals surface area contributed by atoms with Gasteiger partial charge in [-0.25, -0.2) is 0 Å². The van der Waals surface area contributed by atoms with E-state index in [9.17, 15) is 4.79 Å². The van der Waals surface area contributed by atoms with Crippen molar-refractivity contribution in [3.63, 3.8) is 0 Å². The maximum atomic E-state index is 12.2. The standard InChI is InChI=1S/C14H20N2O/c1-3-12(15)14(17)16-9-5-8-11-7-4-6-10(2)13(11)16/h4,6-7,12H,3,5,8-9,15H2,1-2H3/t12-/m1/s1. The Morgan fingerprint density at radius 3 is 3.00 bits per heavy atom. The molecule has 0 saturated carbocycles. The molecular weight excluding hydrogens is 212 g/mol. The van der Waals surface area contributed by atoms with E-state index >= 15 is 0 Å². The van der Waals surface area contributed by atoms with Gasteiger partial charge in [-0.1, -0.05) is 25.1 Å². The fourth-order valence-corrected chi connectivity index (χ4v) is 2.44. The SMILES string of the molecule is CC[C@@H](N)C(=O)N1CCCc2cccc(C)c21. The number of aryl methyl sites for hydroxylation is 2. The van der Waals surface area contributed by atoms with Crippen LogP contribution in [0.4, 0.5) is 5.69 Å². The van der Waals surface area contributed by atoms with E-state index in [1.165, 1.54) is 11.1 Å². The first-order valence-corrected chi connectivity index (χ1v) is 6.30. The molecule has 1 aromatic carbocycles. The first-order chi connectivity index (χ1) is 8.15. The normalized spacial score (nSPS) is 16.5. The third kappa shape index (κ3) is 2.20. The molecule has 0 spiro atoms. The molecule has 0 saturated heterocycles. The van der Waals surface area contributed by atoms with Crippen molar-refractivity contribution in [1.29, 1.82) is 0 Å². The summed E-state index contributed by atoms with van der Waals surface area (Å²) in [4.78, 5) is 14.1. The molecule has 0 radical (unpaired) electrons. The van der Waals surface area contributed by atoms with Crippen molar-refractivity contribution in [2.45, 2.75) is 39.2 Å². The summed E-state index contributed by atoms with van der Waals surface area (Å²) in [5.41, 5.74) is 9.39. The number of fused-ring (bicyclic) bond motifs is 1. The summed E-state index contributed by atoms with van der Waals surface area (Å²) in [6, 6.07) is 5.85. The van der Waals surface area contributed by atoms with E-state index in [0.29, 0.717) is 6.42 Å². The number of carbonyl (C=O) groups excluding carboxylic acids is 1. The highest BCUT2D eigenvalue weighted by Gasteiger charge is 2.26. The lowest BCUT2D eigenvalue weighted by atomic mass is 9.97. The van der Waals surface area contributed by atoms with Crippen LogP contribution in [0.3, 0.4) is 0 Å². The lowest BCUT2D eigenvalue weighted by Gasteiger charge is -2.32. The van der Waals surface area contributed by atoms with E-state index in [1.54, 1.807) is 0 Å². The summed E-state index contributed by atoms with van der Waals surface area (Å²) < 4.78 is 0. The van der Waals surface area contributed by atoms with Crippen LogP contribution in [0.1, 0.15) is 30.9 Å². The van der Waals surface area contributed by atoms with E-state index in [0.717, 1.165) is 25.1 Å². The number of amides is 1. The van der Waals surface area contributed by atoms with E-state index < -0.39 is 0 Å². The molecule has 17 heavy (non-hydrogen) atoms. The number of carbonyl (C=O) groups is 1. The Balaban J connectivity index is 2.37. The zero-order valence-electron chi connectivity index (χ0n) is 10.6. The van der Waals surface area contributed by atoms with Crippen molar-refractivity contribution in [3.05, 3.63) is 29.3 Å². The molecule has 0 aliphatic carbocycles. The predicted molar refractivity (Wildman–Crippen MR) is 70.1 cm³/mol. The Morgan fingerprint density at radius 1 is 1.53 bits per heavy atom. The minimum atomic E-state index is -0.374. The maximum absolute atomic E-state index is 12.2. The number of nitrogens with two attached hydrogens (primary N) is 1. The van der Waals surface area contributed by atoms with Crippen LogP contribution >= 0.6 is 0 Å². The molecule has 1 aromatic rings. The largest absolute Gasteiger partial charge is 0.320 e. The Kier molecular flexibility index (Phi) is 3.48. The molecule has 3 heteroatoms. The number of hydrogen-bond donors (Lipinski definition) is 1. The van der Waals surface area contributed by atoms with Crippen molar-refractivity contribution in [3.8, 4) is 0 Å². The van der Waals surface area contributed by atoms with Crippen LogP contribution in [0.2, 0.25) is 0 Å². The second kappa shape index (κ2) is 4.88. The third-order valence-corrected chi connectivity index (χ3v) is 3.44. The first kappa shape index (κ1) is 12.1. The van der Waals surface area contributed by atoms with Crippen LogP contribution in [0.15, 0.2) is 18.2 Å². The molecule has 0 bridgehead atoms. The molecule has 1 amide bonds. The van der Waals surface area contributed by atoms with E-state index in [1.807, 2.05) is 11.8 Å². The van der Waals surface area contributed by atoms with Crippen molar-refractivity contribution in [2.75, 3.05) is 11.4 Å². The van der Waals surface area contributed by atoms with Gasteiger partial charge < -0.3 is 10.6 Å². The third-order valence-electron chi connectivity index (χ3n) is 3.44. The minimum Gasteiger partial charge on any atom is -0.320 e. The van der Waals surface area contributed by atoms with Crippen LogP contribution in [0, 0.1) is 6.92 Å². The summed E-state index contributed by atoms with van der Waals surface area (Å²) in [6.07, 6.45) is 2.78. The number of anilines is 1. The van der Waals surface area contributed by atoms with Gasteiger partial charge in [-0.15, -0.1) is 0 Å². The number of hydrogen-bond acceptors (Lipinski definition) is 2. The Morgan fingerprint density at radius 2 is 2.29 bits per heavy atom. The summed E-state index contributed by atoms with van der Waals surface area (Å²) in [5, 5.41) is 0. The van der Waals surface area contributed by atoms with Gasteiger partial charge in [0, 0.05) is 12.2 Å². The van der Waals surface area contributed by atoms with E-state index in [-0.39, 0.29) is 11.9 Å². The maximum Gasteiger partial charge on any atom is 0.243 e. The number of nitrogens with zero attached hydrogens (tertiary/aromatic N) is 1. The van der Waals surface area contributed by atoms with Crippen LogP contribution in [-0.2, 0) is 11.2 Å². The summed E-state index contributed by atoms with van der Waals surface area (Å²) >= 11 is 0. The van der Waals surface area contributed by atoms with Crippen molar-refractivity contribution in [1.82, 2.24) is 0 Å². The molecule has 2 N–H and O–H groups in total. The van der Waals surface area contributed by atoms with Crippen molar-refractivity contribution in [2.24, 2.45) is 5.73 Å². The van der Waals surface area contributed by atoms with Crippen molar-refractivity contribution < 1.29 is 4.79 Å². The number of para-hydroxylation sites is 1. The van der Waals surface area contributed by atoms with Gasteiger partial charge in [-0.05, 0) is 37.3 Å². The second-order valence-corrected chi connectivity index (χ2v) is 4.69. The van der Waals surface area contributed by atoms with E-state index in [2.05, 4.69) is 25.1 Å². The molecule has 1 heterocycles. The molecule has 3 nitrogen and oxygen atoms in total. The summed E-state index contributed by atoms with van der Waals surface area (Å²) in [7, 11) is 0. The monoisotopic (exact) mass is 232 g/mol. The second-order valence-electron chi connectivity index (χ2n) is 4.69. The molecule has 0 fully saturated rings. The average molecular weight is 232 g/mol. The van der Waals surface area contributed by atoms with E-state index in [4.69, 9.17) is 5.73 Å². The van der Waals surface area contributed by atoms with Gasteiger partial charge in [-0.2, -0.15) is 0 Å². The Bertz CT molecular complexity index is 428. The molecule has 0 unspecified atom stereocenters. The molecule has 1 atom stereocenters. The molecule has 1 aliphatic rings. The zero-order valence-corrected chi connectivity index (χ0v) is 10.6. The molecule has 2 rings (SSSR count). The van der Waals surface area contributed by atoms with Crippen LogP contribution in [-0.4, -0.2) is 18.5 Å². The quantitative estimate of drug-likeness (QED) is 0.848. The fraction of sp³-hybridized carbons (Fsp3) is 0.500. The van der Waals surface area contributed by atoms with Gasteiger partial charge in [0.15, 0.2) is 0 Å². The Hall–Kier alpha value is -1.35. The smallest absolute Gasteiger partial charge is 0.243 e. The minimum absolute atomic E-state index is 0.0581. The van der Waals surface area contributed by atoms with Gasteiger partial charge in [0.25, 0.3) is 0 Å². The highest BCUT2D eigenvalue weighted by atomic mass is 16.2. The zero-order chi connectivity index (χ0) is 12.4. The fourth-order valence-electron chi connectivity index (χ4n) is 2.44. The van der Waals surface area contributed by atoms with Gasteiger partial charge in [0.05, 0.1) is 6.04 Å². The van der Waals surface area contributed by atoms with Gasteiger partial charge in [0.1, 0.15) is 0 Å². The predicted octanol–water partition coefficient (Wildman–Crippen LogP) is 2.01. The molecular formula is C14H20N2O. The highest BCUT2D eigenvalue weighted by Crippen LogP contribution is 2.30. The lowest BCUT2D eigenvalue weighted by molar-refractivity contribution is -0.120. The topological polar surface area (TPSA) is 46.3 Å². The number of benzene rings is 1. The van der Waals surface area contributed by atoms with Crippen LogP contribution in [0.5, 0.6) is 0 Å². The average Bonchev–Trinajstić information content (AvgIpc) is 2.36. The van der Waals surface area contributed by atoms with Crippen LogP contribution < -0.4 is 10.6 Å². The Labute approximate surface area is 103 Å². The lowest BCUT2D eigenvalue weighted by Crippen LogP contribution is -2.46. The summed E-state index contributed by atoms with van der Waals surface area (Å²) in [6.45, 7) is 4.80. The molecule has 0 aromatic heterocycles. The van der Waals surface area contributed by atoms with Crippen molar-refractivity contribution >= 4 is 11.6 Å². The van der Waals surface area contributed by atoms with Gasteiger partial charge in [-0.3, -0.25) is 4.79 Å². The number of rotatable bonds is 2. The molecule has 1 aliphatic heterocycles. The van der Waals surface area contributed by atoms with Gasteiger partial charge in [0.2, 0.25) is 5.91 Å². The van der Waals surface area contributed by atoms with Crippen LogP contribution in [0.25, 0.3) is 0 Å².